The first-order valence-corrected chi connectivity index (χ1v) is 10.5. The smallest absolute Gasteiger partial charge is 0.256 e. The Bertz CT molecular complexity index is 1110. The lowest BCUT2D eigenvalue weighted by Gasteiger charge is -2.40. The molecule has 3 aliphatic rings. The van der Waals surface area contributed by atoms with Crippen molar-refractivity contribution in [1.29, 1.82) is 0 Å². The monoisotopic (exact) mass is 385 g/mol. The first-order valence-electron chi connectivity index (χ1n) is 9.09. The molecule has 7 nitrogen and oxygen atoms in total. The largest absolute Gasteiger partial charge is 0.337 e. The summed E-state index contributed by atoms with van der Waals surface area (Å²) in [4.78, 5) is 26.7. The molecule has 2 saturated heterocycles. The van der Waals surface area contributed by atoms with Crippen LogP contribution in [0.25, 0.3) is 10.8 Å². The minimum atomic E-state index is -3.89. The second-order valence-corrected chi connectivity index (χ2v) is 9.23. The van der Waals surface area contributed by atoms with Gasteiger partial charge >= 0.3 is 0 Å². The van der Waals surface area contributed by atoms with E-state index in [1.165, 1.54) is 10.4 Å². The van der Waals surface area contributed by atoms with Gasteiger partial charge in [0.25, 0.3) is 5.91 Å². The predicted molar refractivity (Wildman–Crippen MR) is 100.0 cm³/mol. The van der Waals surface area contributed by atoms with Gasteiger partial charge in [-0.3, -0.25) is 9.59 Å². The van der Waals surface area contributed by atoms with Gasteiger partial charge in [0.1, 0.15) is 6.04 Å². The van der Waals surface area contributed by atoms with Gasteiger partial charge in [0.05, 0.1) is 4.90 Å². The molecule has 1 N–H and O–H groups in total. The van der Waals surface area contributed by atoms with Gasteiger partial charge in [-0.25, -0.2) is 8.42 Å². The molecule has 8 heteroatoms. The van der Waals surface area contributed by atoms with Gasteiger partial charge in [-0.05, 0) is 38.0 Å². The number of benzene rings is 2. The molecule has 0 bridgehead atoms. The fourth-order valence-corrected chi connectivity index (χ4v) is 6.38. The van der Waals surface area contributed by atoms with E-state index in [1.54, 1.807) is 31.2 Å². The van der Waals surface area contributed by atoms with Crippen molar-refractivity contribution in [1.82, 2.24) is 9.21 Å². The van der Waals surface area contributed by atoms with Gasteiger partial charge in [0.2, 0.25) is 15.9 Å². The number of anilines is 1. The number of nitrogens with one attached hydrogen (secondary N) is 1. The van der Waals surface area contributed by atoms with E-state index in [-0.39, 0.29) is 22.8 Å². The molecule has 140 valence electrons. The molecule has 2 fully saturated rings. The molecule has 2 amide bonds. The molecule has 0 aromatic heterocycles. The van der Waals surface area contributed by atoms with Crippen LogP contribution in [0.2, 0.25) is 0 Å². The van der Waals surface area contributed by atoms with Crippen molar-refractivity contribution in [3.63, 3.8) is 0 Å². The van der Waals surface area contributed by atoms with Crippen LogP contribution in [0.5, 0.6) is 0 Å². The standard InChI is InChI=1S/C19H19N3O4S/c1-11-19(24)21-9-3-4-12(21)10-22(11)27(25,26)16-8-7-15-17-13(16)5-2-6-14(17)18(23)20-15/h2,5-8,11-12H,3-4,9-10H2,1H3,(H,20,23)/t11-,12-/m1/s1. The summed E-state index contributed by atoms with van der Waals surface area (Å²) >= 11 is 0. The Morgan fingerprint density at radius 3 is 2.78 bits per heavy atom. The number of hydrogen-bond donors (Lipinski definition) is 1. The van der Waals surface area contributed by atoms with Crippen molar-refractivity contribution in [2.24, 2.45) is 0 Å². The molecule has 3 heterocycles. The maximum atomic E-state index is 13.5. The number of sulfonamides is 1. The summed E-state index contributed by atoms with van der Waals surface area (Å²) in [5, 5.41) is 3.90. The van der Waals surface area contributed by atoms with Gasteiger partial charge < -0.3 is 10.2 Å². The van der Waals surface area contributed by atoms with Crippen molar-refractivity contribution in [2.45, 2.75) is 36.7 Å². The molecule has 2 aromatic carbocycles. The van der Waals surface area contributed by atoms with Gasteiger partial charge in [-0.15, -0.1) is 0 Å². The highest BCUT2D eigenvalue weighted by atomic mass is 32.2. The Hall–Kier alpha value is -2.45. The summed E-state index contributed by atoms with van der Waals surface area (Å²) < 4.78 is 28.4. The van der Waals surface area contributed by atoms with Crippen molar-refractivity contribution in [2.75, 3.05) is 18.4 Å². The van der Waals surface area contributed by atoms with Crippen LogP contribution in [-0.2, 0) is 14.8 Å². The molecular formula is C19H19N3O4S. The first kappa shape index (κ1) is 16.7. The highest BCUT2D eigenvalue weighted by molar-refractivity contribution is 7.89. The molecule has 5 rings (SSSR count). The maximum Gasteiger partial charge on any atom is 0.256 e. The Morgan fingerprint density at radius 1 is 1.15 bits per heavy atom. The number of rotatable bonds is 2. The Morgan fingerprint density at radius 2 is 1.96 bits per heavy atom. The third-order valence-electron chi connectivity index (χ3n) is 5.92. The third kappa shape index (κ3) is 2.20. The summed E-state index contributed by atoms with van der Waals surface area (Å²) in [7, 11) is -3.89. The van der Waals surface area contributed by atoms with E-state index in [4.69, 9.17) is 0 Å². The predicted octanol–water partition coefficient (Wildman–Crippen LogP) is 1.79. The quantitative estimate of drug-likeness (QED) is 0.854. The van der Waals surface area contributed by atoms with E-state index in [0.717, 1.165) is 12.8 Å². The number of carbonyl (C=O) groups is 2. The summed E-state index contributed by atoms with van der Waals surface area (Å²) in [5.74, 6) is -0.358. The van der Waals surface area contributed by atoms with Crippen LogP contribution in [0.15, 0.2) is 35.2 Å². The average molecular weight is 385 g/mol. The van der Waals surface area contributed by atoms with Gasteiger partial charge in [-0.2, -0.15) is 4.31 Å². The van der Waals surface area contributed by atoms with Gasteiger partial charge in [-0.1, -0.05) is 12.1 Å². The Balaban J connectivity index is 1.66. The summed E-state index contributed by atoms with van der Waals surface area (Å²) in [6.07, 6.45) is 1.73. The lowest BCUT2D eigenvalue weighted by atomic mass is 10.1. The van der Waals surface area contributed by atoms with E-state index < -0.39 is 16.1 Å². The third-order valence-corrected chi connectivity index (χ3v) is 7.91. The number of piperazine rings is 1. The number of fused-ring (bicyclic) bond motifs is 1. The Labute approximate surface area is 157 Å². The molecule has 0 saturated carbocycles. The topological polar surface area (TPSA) is 86.8 Å². The summed E-state index contributed by atoms with van der Waals surface area (Å²) in [6, 6.07) is 7.47. The van der Waals surface area contributed by atoms with Crippen LogP contribution in [0, 0.1) is 0 Å². The van der Waals surface area contributed by atoms with Crippen LogP contribution in [0.4, 0.5) is 5.69 Å². The summed E-state index contributed by atoms with van der Waals surface area (Å²) in [5.41, 5.74) is 1.10. The summed E-state index contributed by atoms with van der Waals surface area (Å²) in [6.45, 7) is 2.67. The van der Waals surface area contributed by atoms with Crippen LogP contribution in [0.3, 0.4) is 0 Å². The van der Waals surface area contributed by atoms with Crippen LogP contribution < -0.4 is 5.32 Å². The van der Waals surface area contributed by atoms with E-state index in [1.807, 2.05) is 4.90 Å². The molecule has 2 aromatic rings. The molecule has 0 aliphatic carbocycles. The molecule has 0 unspecified atom stereocenters. The number of hydrogen-bond acceptors (Lipinski definition) is 4. The van der Waals surface area contributed by atoms with Gasteiger partial charge in [0.15, 0.2) is 0 Å². The number of amides is 2. The van der Waals surface area contributed by atoms with E-state index >= 15 is 0 Å². The second-order valence-electron chi connectivity index (χ2n) is 7.37. The first-order chi connectivity index (χ1) is 12.9. The van der Waals surface area contributed by atoms with Crippen molar-refractivity contribution in [3.05, 3.63) is 35.9 Å². The normalized spacial score (nSPS) is 25.1. The Kier molecular flexibility index (Phi) is 3.42. The minimum absolute atomic E-state index is 0.0523. The zero-order valence-corrected chi connectivity index (χ0v) is 15.6. The van der Waals surface area contributed by atoms with Crippen LogP contribution in [-0.4, -0.2) is 54.6 Å². The van der Waals surface area contributed by atoms with E-state index in [9.17, 15) is 18.0 Å². The van der Waals surface area contributed by atoms with Gasteiger partial charge in [0, 0.05) is 41.2 Å². The molecular weight excluding hydrogens is 366 g/mol. The zero-order chi connectivity index (χ0) is 18.9. The fourth-order valence-electron chi connectivity index (χ4n) is 4.57. The van der Waals surface area contributed by atoms with Crippen molar-refractivity contribution >= 4 is 38.3 Å². The zero-order valence-electron chi connectivity index (χ0n) is 14.8. The highest BCUT2D eigenvalue weighted by Crippen LogP contribution is 2.38. The van der Waals surface area contributed by atoms with E-state index in [2.05, 4.69) is 5.32 Å². The second kappa shape index (κ2) is 5.53. The number of nitrogens with zero attached hydrogens (tertiary/aromatic N) is 2. The molecule has 3 aliphatic heterocycles. The lowest BCUT2D eigenvalue weighted by molar-refractivity contribution is -0.139. The van der Waals surface area contributed by atoms with Crippen LogP contribution in [0.1, 0.15) is 30.1 Å². The molecule has 2 atom stereocenters. The SMILES string of the molecule is C[C@@H]1C(=O)N2CCC[C@@H]2CN1S(=O)(=O)c1ccc2c3c(cccc13)C(=O)N2. The maximum absolute atomic E-state index is 13.5. The van der Waals surface area contributed by atoms with E-state index in [0.29, 0.717) is 35.1 Å². The number of carbonyl (C=O) groups excluding carboxylic acids is 2. The van der Waals surface area contributed by atoms with Crippen molar-refractivity contribution in [3.8, 4) is 0 Å². The fraction of sp³-hybridized carbons (Fsp3) is 0.368. The lowest BCUT2D eigenvalue weighted by Crippen LogP contribution is -2.59. The molecule has 0 spiro atoms. The van der Waals surface area contributed by atoms with Crippen molar-refractivity contribution < 1.29 is 18.0 Å². The van der Waals surface area contributed by atoms with Crippen LogP contribution >= 0.6 is 0 Å². The minimum Gasteiger partial charge on any atom is -0.337 e. The molecule has 0 radical (unpaired) electrons. The molecule has 27 heavy (non-hydrogen) atoms. The average Bonchev–Trinajstić information content (AvgIpc) is 3.24. The highest BCUT2D eigenvalue weighted by Gasteiger charge is 2.45.